The zero-order valence-corrected chi connectivity index (χ0v) is 14.8. The molecule has 5 heteroatoms. The lowest BCUT2D eigenvalue weighted by Gasteiger charge is -2.30. The molecule has 3 rings (SSSR count). The van der Waals surface area contributed by atoms with Crippen molar-refractivity contribution in [2.45, 2.75) is 37.6 Å². The van der Waals surface area contributed by atoms with Crippen LogP contribution < -0.4 is 11.3 Å². The third kappa shape index (κ3) is 3.35. The molecule has 0 saturated heterocycles. The third-order valence-electron chi connectivity index (χ3n) is 4.25. The summed E-state index contributed by atoms with van der Waals surface area (Å²) in [5.41, 5.74) is 5.65. The van der Waals surface area contributed by atoms with Gasteiger partial charge in [0.05, 0.1) is 0 Å². The van der Waals surface area contributed by atoms with Gasteiger partial charge in [-0.3, -0.25) is 11.3 Å². The number of fused-ring (bicyclic) bond motifs is 1. The van der Waals surface area contributed by atoms with Crippen molar-refractivity contribution < 1.29 is 0 Å². The van der Waals surface area contributed by atoms with Crippen LogP contribution in [0, 0.1) is 0 Å². The Morgan fingerprint density at radius 3 is 3.05 bits per heavy atom. The van der Waals surface area contributed by atoms with Crippen LogP contribution in [0.1, 0.15) is 34.8 Å². The lowest BCUT2D eigenvalue weighted by molar-refractivity contribution is 0.397. The Balaban J connectivity index is 1.83. The molecule has 0 aliphatic heterocycles. The van der Waals surface area contributed by atoms with Crippen LogP contribution in [0.2, 0.25) is 5.02 Å². The van der Waals surface area contributed by atoms with E-state index in [9.17, 15) is 0 Å². The SMILES string of the molecule is NNC(Cc1ccc(Br)cc1Cl)C1CCCc2sccc21. The summed E-state index contributed by atoms with van der Waals surface area (Å²) < 4.78 is 1.01. The van der Waals surface area contributed by atoms with Gasteiger partial charge in [-0.1, -0.05) is 33.6 Å². The second-order valence-corrected chi connectivity index (χ2v) is 7.83. The van der Waals surface area contributed by atoms with E-state index in [2.05, 4.69) is 38.9 Å². The molecule has 21 heavy (non-hydrogen) atoms. The van der Waals surface area contributed by atoms with Crippen molar-refractivity contribution in [1.29, 1.82) is 0 Å². The molecule has 1 aliphatic carbocycles. The summed E-state index contributed by atoms with van der Waals surface area (Å²) in [5.74, 6) is 6.33. The first-order valence-electron chi connectivity index (χ1n) is 7.15. The number of hydrogen-bond acceptors (Lipinski definition) is 3. The van der Waals surface area contributed by atoms with E-state index in [1.165, 1.54) is 29.7 Å². The van der Waals surface area contributed by atoms with Gasteiger partial charge in [0.2, 0.25) is 0 Å². The van der Waals surface area contributed by atoms with Crippen molar-refractivity contribution in [1.82, 2.24) is 5.43 Å². The number of nitrogens with one attached hydrogen (secondary N) is 1. The summed E-state index contributed by atoms with van der Waals surface area (Å²) in [6.45, 7) is 0. The Labute approximate surface area is 142 Å². The van der Waals surface area contributed by atoms with Gasteiger partial charge in [0.15, 0.2) is 0 Å². The van der Waals surface area contributed by atoms with E-state index < -0.39 is 0 Å². The summed E-state index contributed by atoms with van der Waals surface area (Å²) in [6, 6.07) is 8.54. The summed E-state index contributed by atoms with van der Waals surface area (Å²) in [7, 11) is 0. The van der Waals surface area contributed by atoms with Crippen molar-refractivity contribution in [2.24, 2.45) is 5.84 Å². The lowest BCUT2D eigenvalue weighted by Crippen LogP contribution is -2.42. The Morgan fingerprint density at radius 1 is 1.43 bits per heavy atom. The molecule has 0 amide bonds. The van der Waals surface area contributed by atoms with Gasteiger partial charge in [-0.2, -0.15) is 0 Å². The number of hydrazine groups is 1. The van der Waals surface area contributed by atoms with Crippen molar-refractivity contribution in [3.63, 3.8) is 0 Å². The standard InChI is InChI=1S/C16H18BrClN2S/c17-11-5-4-10(14(18)9-11)8-15(20-19)12-2-1-3-16-13(12)6-7-21-16/h4-7,9,12,15,20H,1-3,8,19H2. The average Bonchev–Trinajstić information content (AvgIpc) is 2.95. The highest BCUT2D eigenvalue weighted by Crippen LogP contribution is 2.38. The molecule has 0 radical (unpaired) electrons. The fraction of sp³-hybridized carbons (Fsp3) is 0.375. The van der Waals surface area contributed by atoms with Crippen LogP contribution in [0.4, 0.5) is 0 Å². The number of thiophene rings is 1. The fourth-order valence-electron chi connectivity index (χ4n) is 3.18. The first-order chi connectivity index (χ1) is 10.2. The second-order valence-electron chi connectivity index (χ2n) is 5.51. The van der Waals surface area contributed by atoms with Gasteiger partial charge in [0.25, 0.3) is 0 Å². The molecule has 2 unspecified atom stereocenters. The predicted molar refractivity (Wildman–Crippen MR) is 94.0 cm³/mol. The summed E-state index contributed by atoms with van der Waals surface area (Å²) in [4.78, 5) is 1.52. The number of nitrogens with two attached hydrogens (primary N) is 1. The van der Waals surface area contributed by atoms with Crippen LogP contribution in [0.3, 0.4) is 0 Å². The van der Waals surface area contributed by atoms with Gasteiger partial charge in [-0.05, 0) is 60.4 Å². The molecule has 3 N–H and O–H groups in total. The van der Waals surface area contributed by atoms with Gasteiger partial charge in [-0.25, -0.2) is 0 Å². The quantitative estimate of drug-likeness (QED) is 0.593. The molecule has 1 aromatic carbocycles. The molecule has 1 heterocycles. The summed E-state index contributed by atoms with van der Waals surface area (Å²) in [6.07, 6.45) is 4.49. The normalized spacial score (nSPS) is 19.3. The van der Waals surface area contributed by atoms with E-state index in [0.717, 1.165) is 21.5 Å². The highest BCUT2D eigenvalue weighted by atomic mass is 79.9. The minimum absolute atomic E-state index is 0.220. The molecule has 112 valence electrons. The van der Waals surface area contributed by atoms with Crippen LogP contribution in [0.15, 0.2) is 34.1 Å². The second kappa shape index (κ2) is 6.80. The molecule has 1 aliphatic rings. The molecule has 0 saturated carbocycles. The average molecular weight is 386 g/mol. The van der Waals surface area contributed by atoms with Crippen LogP contribution in [-0.4, -0.2) is 6.04 Å². The third-order valence-corrected chi connectivity index (χ3v) is 6.09. The van der Waals surface area contributed by atoms with Gasteiger partial charge in [0, 0.05) is 26.3 Å². The van der Waals surface area contributed by atoms with E-state index in [1.807, 2.05) is 23.5 Å². The van der Waals surface area contributed by atoms with Gasteiger partial charge < -0.3 is 0 Å². The topological polar surface area (TPSA) is 38.0 Å². The van der Waals surface area contributed by atoms with E-state index in [-0.39, 0.29) is 6.04 Å². The molecular formula is C16H18BrClN2S. The Kier molecular flexibility index (Phi) is 5.02. The minimum Gasteiger partial charge on any atom is -0.271 e. The molecule has 0 fully saturated rings. The van der Waals surface area contributed by atoms with Crippen LogP contribution in [0.5, 0.6) is 0 Å². The lowest BCUT2D eigenvalue weighted by atomic mass is 9.80. The number of halogens is 2. The van der Waals surface area contributed by atoms with E-state index in [0.29, 0.717) is 5.92 Å². The number of hydrogen-bond donors (Lipinski definition) is 2. The van der Waals surface area contributed by atoms with Crippen LogP contribution >= 0.6 is 38.9 Å². The Morgan fingerprint density at radius 2 is 2.29 bits per heavy atom. The van der Waals surface area contributed by atoms with E-state index in [4.69, 9.17) is 17.4 Å². The monoisotopic (exact) mass is 384 g/mol. The largest absolute Gasteiger partial charge is 0.271 e. The fourth-order valence-corrected chi connectivity index (χ4v) is 4.93. The van der Waals surface area contributed by atoms with Gasteiger partial charge in [0.1, 0.15) is 0 Å². The smallest absolute Gasteiger partial charge is 0.0449 e. The maximum absolute atomic E-state index is 6.35. The first-order valence-corrected chi connectivity index (χ1v) is 9.20. The maximum atomic E-state index is 6.35. The molecular weight excluding hydrogens is 368 g/mol. The summed E-state index contributed by atoms with van der Waals surface area (Å²) in [5, 5.41) is 2.99. The van der Waals surface area contributed by atoms with Gasteiger partial charge >= 0.3 is 0 Å². The van der Waals surface area contributed by atoms with Crippen LogP contribution in [0.25, 0.3) is 0 Å². The molecule has 2 nitrogen and oxygen atoms in total. The summed E-state index contributed by atoms with van der Waals surface area (Å²) >= 11 is 11.7. The number of benzene rings is 1. The molecule has 0 bridgehead atoms. The molecule has 2 atom stereocenters. The minimum atomic E-state index is 0.220. The predicted octanol–water partition coefficient (Wildman–Crippen LogP) is 4.66. The zero-order chi connectivity index (χ0) is 14.8. The molecule has 2 aromatic rings. The van der Waals surface area contributed by atoms with Crippen molar-refractivity contribution in [3.8, 4) is 0 Å². The van der Waals surface area contributed by atoms with E-state index in [1.54, 1.807) is 0 Å². The van der Waals surface area contributed by atoms with Crippen molar-refractivity contribution in [3.05, 3.63) is 55.1 Å². The molecule has 0 spiro atoms. The van der Waals surface area contributed by atoms with E-state index >= 15 is 0 Å². The Hall–Kier alpha value is -0.390. The zero-order valence-electron chi connectivity index (χ0n) is 11.6. The number of rotatable bonds is 4. The van der Waals surface area contributed by atoms with Crippen LogP contribution in [-0.2, 0) is 12.8 Å². The first kappa shape index (κ1) is 15.5. The van der Waals surface area contributed by atoms with Crippen molar-refractivity contribution >= 4 is 38.9 Å². The number of aryl methyl sites for hydroxylation is 1. The van der Waals surface area contributed by atoms with Crippen molar-refractivity contribution in [2.75, 3.05) is 0 Å². The maximum Gasteiger partial charge on any atom is 0.0449 e. The highest BCUT2D eigenvalue weighted by molar-refractivity contribution is 9.10. The molecule has 1 aromatic heterocycles. The highest BCUT2D eigenvalue weighted by Gasteiger charge is 2.28. The van der Waals surface area contributed by atoms with Gasteiger partial charge in [-0.15, -0.1) is 11.3 Å². The Bertz CT molecular complexity index is 628.